The summed E-state index contributed by atoms with van der Waals surface area (Å²) < 4.78 is 0. The second kappa shape index (κ2) is 5.03. The average Bonchev–Trinajstić information content (AvgIpc) is 2.82. The van der Waals surface area contributed by atoms with Gasteiger partial charge in [-0.2, -0.15) is 0 Å². The van der Waals surface area contributed by atoms with Crippen molar-refractivity contribution in [1.29, 1.82) is 0 Å². The smallest absolute Gasteiger partial charge is 0.324 e. The fraction of sp³-hybridized carbons (Fsp3) is 0.429. The largest absolute Gasteiger partial charge is 0.508 e. The molecule has 20 heavy (non-hydrogen) atoms. The molecule has 1 aliphatic heterocycles. The molecule has 0 spiro atoms. The molecule has 0 bridgehead atoms. The van der Waals surface area contributed by atoms with E-state index in [0.29, 0.717) is 18.7 Å². The second-order valence-corrected chi connectivity index (χ2v) is 5.40. The van der Waals surface area contributed by atoms with Crippen LogP contribution in [0.15, 0.2) is 24.3 Å². The fourth-order valence-electron chi connectivity index (χ4n) is 2.30. The standard InChI is InChI=1S/C14H18N2O4/c1-14(12(18)19)7-8-16(9-14)13(20)15(2)10-3-5-11(17)6-4-10/h3-6,17H,7-9H2,1-2H3,(H,18,19). The van der Waals surface area contributed by atoms with E-state index in [1.165, 1.54) is 17.0 Å². The molecule has 1 saturated heterocycles. The summed E-state index contributed by atoms with van der Waals surface area (Å²) in [5, 5.41) is 18.4. The van der Waals surface area contributed by atoms with Gasteiger partial charge < -0.3 is 15.1 Å². The zero-order valence-corrected chi connectivity index (χ0v) is 11.5. The number of aliphatic carboxylic acids is 1. The first-order chi connectivity index (χ1) is 9.33. The molecule has 108 valence electrons. The first-order valence-electron chi connectivity index (χ1n) is 6.38. The molecule has 1 unspecified atom stereocenters. The summed E-state index contributed by atoms with van der Waals surface area (Å²) in [6.45, 7) is 2.30. The van der Waals surface area contributed by atoms with Gasteiger partial charge in [0, 0.05) is 25.8 Å². The summed E-state index contributed by atoms with van der Waals surface area (Å²) in [6, 6.07) is 6.05. The van der Waals surface area contributed by atoms with E-state index < -0.39 is 11.4 Å². The number of urea groups is 1. The van der Waals surface area contributed by atoms with Crippen molar-refractivity contribution in [1.82, 2.24) is 4.90 Å². The number of carbonyl (C=O) groups is 2. The van der Waals surface area contributed by atoms with Crippen molar-refractivity contribution in [3.8, 4) is 5.75 Å². The predicted molar refractivity (Wildman–Crippen MR) is 73.8 cm³/mol. The highest BCUT2D eigenvalue weighted by Gasteiger charge is 2.42. The lowest BCUT2D eigenvalue weighted by Gasteiger charge is -2.26. The SMILES string of the molecule is CN(C(=O)N1CCC(C)(C(=O)O)C1)c1ccc(O)cc1. The Morgan fingerprint density at radius 2 is 1.90 bits per heavy atom. The molecule has 0 radical (unpaired) electrons. The van der Waals surface area contributed by atoms with E-state index in [9.17, 15) is 19.8 Å². The van der Waals surface area contributed by atoms with Crippen LogP contribution in [0.2, 0.25) is 0 Å². The van der Waals surface area contributed by atoms with Crippen LogP contribution in [0.5, 0.6) is 5.75 Å². The molecule has 2 amide bonds. The Morgan fingerprint density at radius 3 is 2.40 bits per heavy atom. The molecule has 1 aliphatic rings. The first kappa shape index (κ1) is 14.2. The topological polar surface area (TPSA) is 81.1 Å². The van der Waals surface area contributed by atoms with Gasteiger partial charge in [0.05, 0.1) is 5.41 Å². The van der Waals surface area contributed by atoms with Crippen LogP contribution in [0, 0.1) is 5.41 Å². The van der Waals surface area contributed by atoms with Crippen molar-refractivity contribution in [3.63, 3.8) is 0 Å². The number of carbonyl (C=O) groups excluding carboxylic acids is 1. The second-order valence-electron chi connectivity index (χ2n) is 5.40. The molecule has 1 aromatic carbocycles. The molecule has 2 N–H and O–H groups in total. The van der Waals surface area contributed by atoms with Gasteiger partial charge in [-0.05, 0) is 37.6 Å². The lowest BCUT2D eigenvalue weighted by molar-refractivity contribution is -0.146. The molecule has 0 saturated carbocycles. The van der Waals surface area contributed by atoms with Crippen molar-refractivity contribution in [2.24, 2.45) is 5.41 Å². The van der Waals surface area contributed by atoms with E-state index in [1.54, 1.807) is 31.0 Å². The predicted octanol–water partition coefficient (Wildman–Crippen LogP) is 1.75. The lowest BCUT2D eigenvalue weighted by Crippen LogP contribution is -2.42. The number of phenolic OH excluding ortho intramolecular Hbond substituents is 1. The number of hydrogen-bond acceptors (Lipinski definition) is 3. The number of anilines is 1. The van der Waals surface area contributed by atoms with E-state index in [1.807, 2.05) is 0 Å². The molecule has 1 atom stereocenters. The number of likely N-dealkylation sites (tertiary alicyclic amines) is 1. The van der Waals surface area contributed by atoms with Gasteiger partial charge in [-0.25, -0.2) is 4.79 Å². The van der Waals surface area contributed by atoms with Crippen molar-refractivity contribution >= 4 is 17.7 Å². The van der Waals surface area contributed by atoms with Gasteiger partial charge in [0.1, 0.15) is 5.75 Å². The van der Waals surface area contributed by atoms with E-state index in [-0.39, 0.29) is 18.3 Å². The van der Waals surface area contributed by atoms with Crippen LogP contribution in [0.1, 0.15) is 13.3 Å². The van der Waals surface area contributed by atoms with Crippen LogP contribution in [0.3, 0.4) is 0 Å². The van der Waals surface area contributed by atoms with Gasteiger partial charge in [0.25, 0.3) is 0 Å². The maximum atomic E-state index is 12.3. The zero-order valence-electron chi connectivity index (χ0n) is 11.5. The Hall–Kier alpha value is -2.24. The van der Waals surface area contributed by atoms with Crippen molar-refractivity contribution in [2.45, 2.75) is 13.3 Å². The van der Waals surface area contributed by atoms with E-state index >= 15 is 0 Å². The highest BCUT2D eigenvalue weighted by Crippen LogP contribution is 2.31. The third-order valence-corrected chi connectivity index (χ3v) is 3.78. The maximum Gasteiger partial charge on any atom is 0.324 e. The fourth-order valence-corrected chi connectivity index (χ4v) is 2.30. The Bertz CT molecular complexity index is 528. The number of rotatable bonds is 2. The Labute approximate surface area is 117 Å². The summed E-state index contributed by atoms with van der Waals surface area (Å²) in [7, 11) is 1.63. The average molecular weight is 278 g/mol. The minimum Gasteiger partial charge on any atom is -0.508 e. The van der Waals surface area contributed by atoms with Crippen LogP contribution in [0.25, 0.3) is 0 Å². The third-order valence-electron chi connectivity index (χ3n) is 3.78. The highest BCUT2D eigenvalue weighted by molar-refractivity contribution is 5.92. The number of carboxylic acid groups (broad SMARTS) is 1. The minimum atomic E-state index is -0.875. The summed E-state index contributed by atoms with van der Waals surface area (Å²) in [6.07, 6.45) is 0.456. The number of phenols is 1. The molecule has 0 aliphatic carbocycles. The van der Waals surface area contributed by atoms with Crippen LogP contribution >= 0.6 is 0 Å². The lowest BCUT2D eigenvalue weighted by atomic mass is 9.90. The van der Waals surface area contributed by atoms with Gasteiger partial charge in [0.15, 0.2) is 0 Å². The summed E-state index contributed by atoms with van der Waals surface area (Å²) in [5.41, 5.74) is -0.220. The monoisotopic (exact) mass is 278 g/mol. The van der Waals surface area contributed by atoms with E-state index in [0.717, 1.165) is 0 Å². The molecule has 6 heteroatoms. The maximum absolute atomic E-state index is 12.3. The molecule has 1 heterocycles. The van der Waals surface area contributed by atoms with E-state index in [2.05, 4.69) is 0 Å². The van der Waals surface area contributed by atoms with Gasteiger partial charge in [-0.3, -0.25) is 9.69 Å². The quantitative estimate of drug-likeness (QED) is 0.863. The van der Waals surface area contributed by atoms with Crippen molar-refractivity contribution < 1.29 is 19.8 Å². The zero-order chi connectivity index (χ0) is 14.9. The van der Waals surface area contributed by atoms with Crippen LogP contribution in [-0.4, -0.2) is 47.3 Å². The summed E-state index contributed by atoms with van der Waals surface area (Å²) in [5.74, 6) is -0.741. The molecule has 1 fully saturated rings. The Morgan fingerprint density at radius 1 is 1.30 bits per heavy atom. The number of hydrogen-bond donors (Lipinski definition) is 2. The van der Waals surface area contributed by atoms with Gasteiger partial charge in [-0.1, -0.05) is 0 Å². The Kier molecular flexibility index (Phi) is 3.57. The van der Waals surface area contributed by atoms with Crippen molar-refractivity contribution in [3.05, 3.63) is 24.3 Å². The number of nitrogens with zero attached hydrogens (tertiary/aromatic N) is 2. The van der Waals surface area contributed by atoms with E-state index in [4.69, 9.17) is 0 Å². The first-order valence-corrected chi connectivity index (χ1v) is 6.38. The number of amides is 2. The summed E-state index contributed by atoms with van der Waals surface area (Å²) >= 11 is 0. The molecule has 1 aromatic rings. The number of aromatic hydroxyl groups is 1. The Balaban J connectivity index is 2.09. The summed E-state index contributed by atoms with van der Waals surface area (Å²) in [4.78, 5) is 26.5. The normalized spacial score (nSPS) is 21.8. The molecular weight excluding hydrogens is 260 g/mol. The highest BCUT2D eigenvalue weighted by atomic mass is 16.4. The molecule has 0 aromatic heterocycles. The third kappa shape index (κ3) is 2.54. The molecule has 6 nitrogen and oxygen atoms in total. The van der Waals surface area contributed by atoms with Crippen LogP contribution in [-0.2, 0) is 4.79 Å². The number of carboxylic acids is 1. The van der Waals surface area contributed by atoms with Crippen LogP contribution in [0.4, 0.5) is 10.5 Å². The minimum absolute atomic E-state index is 0.134. The molecular formula is C14H18N2O4. The number of benzene rings is 1. The van der Waals surface area contributed by atoms with Crippen molar-refractivity contribution in [2.75, 3.05) is 25.0 Å². The molecule has 2 rings (SSSR count). The van der Waals surface area contributed by atoms with Gasteiger partial charge in [0.2, 0.25) is 0 Å². The van der Waals surface area contributed by atoms with Gasteiger partial charge in [-0.15, -0.1) is 0 Å². The van der Waals surface area contributed by atoms with Crippen LogP contribution < -0.4 is 4.90 Å². The van der Waals surface area contributed by atoms with Gasteiger partial charge >= 0.3 is 12.0 Å².